The van der Waals surface area contributed by atoms with E-state index in [4.69, 9.17) is 9.47 Å². The second-order valence-electron chi connectivity index (χ2n) is 7.09. The van der Waals surface area contributed by atoms with E-state index in [1.807, 2.05) is 31.3 Å². The first kappa shape index (κ1) is 19.3. The first-order valence-electron chi connectivity index (χ1n) is 9.72. The van der Waals surface area contributed by atoms with Crippen molar-refractivity contribution in [1.82, 2.24) is 4.90 Å². The number of anilines is 1. The van der Waals surface area contributed by atoms with E-state index in [0.29, 0.717) is 38.8 Å². The number of benzene rings is 1. The molecule has 2 heterocycles. The van der Waals surface area contributed by atoms with Gasteiger partial charge in [-0.05, 0) is 43.9 Å². The predicted molar refractivity (Wildman–Crippen MR) is 104 cm³/mol. The van der Waals surface area contributed by atoms with Crippen LogP contribution in [0.3, 0.4) is 0 Å². The van der Waals surface area contributed by atoms with Gasteiger partial charge in [-0.2, -0.15) is 0 Å². The fraction of sp³-hybridized carbons (Fsp3) is 0.524. The van der Waals surface area contributed by atoms with Crippen molar-refractivity contribution in [3.8, 4) is 5.75 Å². The number of nitrogens with zero attached hydrogens (tertiary/aromatic N) is 1. The first-order valence-corrected chi connectivity index (χ1v) is 9.72. The summed E-state index contributed by atoms with van der Waals surface area (Å²) < 4.78 is 11.4. The Kier molecular flexibility index (Phi) is 6.74. The minimum Gasteiger partial charge on any atom is -0.498 e. The van der Waals surface area contributed by atoms with Crippen molar-refractivity contribution in [3.63, 3.8) is 0 Å². The number of hydrogen-bond donors (Lipinski definition) is 1. The second kappa shape index (κ2) is 9.44. The minimum atomic E-state index is 0.0444. The molecule has 0 radical (unpaired) electrons. The number of nitrogens with one attached hydrogen (secondary N) is 1. The number of amides is 2. The number of ether oxygens (including phenoxy) is 2. The van der Waals surface area contributed by atoms with E-state index in [-0.39, 0.29) is 17.9 Å². The van der Waals surface area contributed by atoms with Gasteiger partial charge in [0.05, 0.1) is 19.0 Å². The predicted octanol–water partition coefficient (Wildman–Crippen LogP) is 3.27. The highest BCUT2D eigenvalue weighted by molar-refractivity contribution is 5.94. The van der Waals surface area contributed by atoms with Crippen LogP contribution in [-0.4, -0.2) is 43.0 Å². The first-order chi connectivity index (χ1) is 13.1. The lowest BCUT2D eigenvalue weighted by atomic mass is 10.0. The third-order valence-electron chi connectivity index (χ3n) is 5.04. The smallest absolute Gasteiger partial charge is 0.224 e. The molecular weight excluding hydrogens is 344 g/mol. The Balaban J connectivity index is 1.37. The highest BCUT2D eigenvalue weighted by Gasteiger charge is 2.18. The Labute approximate surface area is 160 Å². The molecule has 0 aliphatic carbocycles. The van der Waals surface area contributed by atoms with Gasteiger partial charge in [-0.1, -0.05) is 6.07 Å². The molecule has 3 rings (SSSR count). The van der Waals surface area contributed by atoms with Crippen molar-refractivity contribution in [2.75, 3.05) is 25.5 Å². The molecule has 0 saturated heterocycles. The van der Waals surface area contributed by atoms with Gasteiger partial charge in [0.1, 0.15) is 5.75 Å². The SMILES string of the molecule is CN(CCC1CCC=CO1)C(=O)CCCOc1cccc2c1CCC(=O)N2. The van der Waals surface area contributed by atoms with Crippen LogP contribution in [0, 0.1) is 0 Å². The van der Waals surface area contributed by atoms with Crippen LogP contribution in [0.15, 0.2) is 30.5 Å². The summed E-state index contributed by atoms with van der Waals surface area (Å²) in [5, 5.41) is 2.87. The fourth-order valence-corrected chi connectivity index (χ4v) is 3.38. The van der Waals surface area contributed by atoms with Gasteiger partial charge < -0.3 is 19.7 Å². The van der Waals surface area contributed by atoms with Gasteiger partial charge in [-0.25, -0.2) is 0 Å². The Bertz CT molecular complexity index is 701. The summed E-state index contributed by atoms with van der Waals surface area (Å²) in [6, 6.07) is 5.69. The average Bonchev–Trinajstić information content (AvgIpc) is 2.69. The van der Waals surface area contributed by atoms with E-state index >= 15 is 0 Å². The molecule has 2 aliphatic heterocycles. The van der Waals surface area contributed by atoms with Crippen molar-refractivity contribution in [2.24, 2.45) is 0 Å². The lowest BCUT2D eigenvalue weighted by Crippen LogP contribution is -2.30. The fourth-order valence-electron chi connectivity index (χ4n) is 3.38. The monoisotopic (exact) mass is 372 g/mol. The molecule has 2 aliphatic rings. The summed E-state index contributed by atoms with van der Waals surface area (Å²) in [5.74, 6) is 0.978. The van der Waals surface area contributed by atoms with Gasteiger partial charge in [-0.3, -0.25) is 9.59 Å². The van der Waals surface area contributed by atoms with Crippen molar-refractivity contribution >= 4 is 17.5 Å². The van der Waals surface area contributed by atoms with Crippen LogP contribution in [-0.2, 0) is 20.7 Å². The molecule has 1 aromatic carbocycles. The van der Waals surface area contributed by atoms with Gasteiger partial charge >= 0.3 is 0 Å². The molecule has 1 unspecified atom stereocenters. The van der Waals surface area contributed by atoms with Gasteiger partial charge in [0.25, 0.3) is 0 Å². The molecule has 0 aromatic heterocycles. The number of carbonyl (C=O) groups excluding carboxylic acids is 2. The summed E-state index contributed by atoms with van der Waals surface area (Å²) in [4.78, 5) is 25.5. The Morgan fingerprint density at radius 3 is 3.07 bits per heavy atom. The van der Waals surface area contributed by atoms with E-state index in [2.05, 4.69) is 5.32 Å². The van der Waals surface area contributed by atoms with Gasteiger partial charge in [-0.15, -0.1) is 0 Å². The third-order valence-corrected chi connectivity index (χ3v) is 5.04. The quantitative estimate of drug-likeness (QED) is 0.711. The zero-order valence-corrected chi connectivity index (χ0v) is 15.9. The largest absolute Gasteiger partial charge is 0.498 e. The third kappa shape index (κ3) is 5.49. The van der Waals surface area contributed by atoms with Crippen LogP contribution >= 0.6 is 0 Å². The van der Waals surface area contributed by atoms with E-state index in [0.717, 1.165) is 36.3 Å². The minimum absolute atomic E-state index is 0.0444. The normalized spacial score (nSPS) is 18.3. The zero-order valence-electron chi connectivity index (χ0n) is 15.9. The molecule has 0 saturated carbocycles. The van der Waals surface area contributed by atoms with Crippen molar-refractivity contribution in [2.45, 2.75) is 51.0 Å². The molecule has 27 heavy (non-hydrogen) atoms. The number of rotatable bonds is 8. The van der Waals surface area contributed by atoms with Crippen molar-refractivity contribution in [1.29, 1.82) is 0 Å². The van der Waals surface area contributed by atoms with Gasteiger partial charge in [0.2, 0.25) is 11.8 Å². The lowest BCUT2D eigenvalue weighted by molar-refractivity contribution is -0.130. The molecule has 1 aromatic rings. The van der Waals surface area contributed by atoms with Crippen LogP contribution in [0.5, 0.6) is 5.75 Å². The molecule has 0 bridgehead atoms. The zero-order chi connectivity index (χ0) is 19.1. The van der Waals surface area contributed by atoms with Crippen LogP contribution < -0.4 is 10.1 Å². The van der Waals surface area contributed by atoms with Gasteiger partial charge in [0, 0.05) is 44.1 Å². The Hall–Kier alpha value is -2.50. The molecular formula is C21H28N2O4. The lowest BCUT2D eigenvalue weighted by Gasteiger charge is -2.23. The molecule has 1 atom stereocenters. The van der Waals surface area contributed by atoms with E-state index in [1.54, 1.807) is 11.2 Å². The maximum atomic E-state index is 12.3. The van der Waals surface area contributed by atoms with Crippen molar-refractivity contribution in [3.05, 3.63) is 36.1 Å². The van der Waals surface area contributed by atoms with Crippen molar-refractivity contribution < 1.29 is 19.1 Å². The summed E-state index contributed by atoms with van der Waals surface area (Å²) >= 11 is 0. The number of allylic oxidation sites excluding steroid dienone is 1. The maximum Gasteiger partial charge on any atom is 0.224 e. The summed E-state index contributed by atoms with van der Waals surface area (Å²) in [6.45, 7) is 1.20. The molecule has 0 fully saturated rings. The average molecular weight is 372 g/mol. The van der Waals surface area contributed by atoms with Crippen LogP contribution in [0.25, 0.3) is 0 Å². The van der Waals surface area contributed by atoms with Crippen LogP contribution in [0.1, 0.15) is 44.1 Å². The summed E-state index contributed by atoms with van der Waals surface area (Å²) in [6.07, 6.45) is 9.26. The highest BCUT2D eigenvalue weighted by Crippen LogP contribution is 2.31. The Morgan fingerprint density at radius 1 is 1.37 bits per heavy atom. The maximum absolute atomic E-state index is 12.3. The van der Waals surface area contributed by atoms with E-state index in [1.165, 1.54) is 0 Å². The topological polar surface area (TPSA) is 67.9 Å². The molecule has 6 heteroatoms. The van der Waals surface area contributed by atoms with Gasteiger partial charge in [0.15, 0.2) is 0 Å². The van der Waals surface area contributed by atoms with Crippen LogP contribution in [0.4, 0.5) is 5.69 Å². The highest BCUT2D eigenvalue weighted by atomic mass is 16.5. The number of hydrogen-bond acceptors (Lipinski definition) is 4. The molecule has 1 N–H and O–H groups in total. The summed E-state index contributed by atoms with van der Waals surface area (Å²) in [7, 11) is 1.85. The summed E-state index contributed by atoms with van der Waals surface area (Å²) in [5.41, 5.74) is 1.88. The Morgan fingerprint density at radius 2 is 2.26 bits per heavy atom. The molecule has 2 amide bonds. The molecule has 0 spiro atoms. The number of fused-ring (bicyclic) bond motifs is 1. The van der Waals surface area contributed by atoms with E-state index < -0.39 is 0 Å². The number of carbonyl (C=O) groups is 2. The second-order valence-corrected chi connectivity index (χ2v) is 7.09. The van der Waals surface area contributed by atoms with E-state index in [9.17, 15) is 9.59 Å². The molecule has 146 valence electrons. The molecule has 6 nitrogen and oxygen atoms in total. The standard InChI is InChI=1S/C21H28N2O4/c1-23(13-12-16-6-2-3-14-26-16)21(25)9-5-15-27-19-8-4-7-18-17(19)10-11-20(24)22-18/h3-4,7-8,14,16H,2,5-6,9-13,15H2,1H3,(H,22,24). The van der Waals surface area contributed by atoms with Crippen LogP contribution in [0.2, 0.25) is 0 Å².